The number of methoxy groups -OCH3 is 1. The van der Waals surface area contributed by atoms with Crippen molar-refractivity contribution in [3.05, 3.63) is 29.6 Å². The van der Waals surface area contributed by atoms with Gasteiger partial charge in [0.1, 0.15) is 11.6 Å². The second-order valence-electron chi connectivity index (χ2n) is 4.45. The zero-order valence-corrected chi connectivity index (χ0v) is 11.0. The molecule has 0 fully saturated rings. The van der Waals surface area contributed by atoms with Crippen LogP contribution in [0.15, 0.2) is 18.2 Å². The average Bonchev–Trinajstić information content (AvgIpc) is 2.30. The van der Waals surface area contributed by atoms with E-state index in [4.69, 9.17) is 15.9 Å². The molecule has 18 heavy (non-hydrogen) atoms. The first-order valence-electron chi connectivity index (χ1n) is 5.79. The summed E-state index contributed by atoms with van der Waals surface area (Å²) in [5.74, 6) is 0.372. The Morgan fingerprint density at radius 3 is 2.72 bits per heavy atom. The number of ether oxygens (including phenoxy) is 1. The first kappa shape index (κ1) is 14.4. The molecule has 0 bridgehead atoms. The van der Waals surface area contributed by atoms with Crippen molar-refractivity contribution >= 4 is 5.84 Å². The van der Waals surface area contributed by atoms with Crippen LogP contribution in [-0.2, 0) is 6.54 Å². The molecular formula is C13H20FN3O. The zero-order chi connectivity index (χ0) is 13.7. The van der Waals surface area contributed by atoms with Gasteiger partial charge in [0.05, 0.1) is 12.9 Å². The number of hydrogen-bond donors (Lipinski definition) is 2. The number of hydrogen-bond acceptors (Lipinski definition) is 3. The van der Waals surface area contributed by atoms with Crippen molar-refractivity contribution in [3.63, 3.8) is 0 Å². The van der Waals surface area contributed by atoms with Crippen LogP contribution in [-0.4, -0.2) is 30.9 Å². The molecule has 1 unspecified atom stereocenters. The highest BCUT2D eigenvalue weighted by Crippen LogP contribution is 2.18. The second kappa shape index (κ2) is 6.35. The molecule has 0 aliphatic heterocycles. The number of nitrogens with zero attached hydrogens (tertiary/aromatic N) is 1. The van der Waals surface area contributed by atoms with Crippen LogP contribution < -0.4 is 10.5 Å². The van der Waals surface area contributed by atoms with Gasteiger partial charge in [0.2, 0.25) is 0 Å². The van der Waals surface area contributed by atoms with Crippen LogP contribution in [0.3, 0.4) is 0 Å². The molecule has 3 N–H and O–H groups in total. The van der Waals surface area contributed by atoms with Gasteiger partial charge in [-0.2, -0.15) is 0 Å². The number of halogens is 1. The largest absolute Gasteiger partial charge is 0.497 e. The molecule has 1 aromatic carbocycles. The zero-order valence-electron chi connectivity index (χ0n) is 11.0. The Morgan fingerprint density at radius 1 is 1.56 bits per heavy atom. The minimum absolute atomic E-state index is 0.101. The van der Waals surface area contributed by atoms with E-state index in [2.05, 4.69) is 0 Å². The fourth-order valence-corrected chi connectivity index (χ4v) is 1.68. The Balaban J connectivity index is 2.69. The minimum Gasteiger partial charge on any atom is -0.497 e. The second-order valence-corrected chi connectivity index (χ2v) is 4.45. The van der Waals surface area contributed by atoms with Crippen molar-refractivity contribution in [1.82, 2.24) is 4.90 Å². The third-order valence-corrected chi connectivity index (χ3v) is 2.95. The molecule has 0 aliphatic rings. The quantitative estimate of drug-likeness (QED) is 0.602. The van der Waals surface area contributed by atoms with Crippen LogP contribution in [0.4, 0.5) is 4.39 Å². The number of nitrogens with one attached hydrogen (secondary N) is 1. The summed E-state index contributed by atoms with van der Waals surface area (Å²) in [6.07, 6.45) is 0.480. The number of amidine groups is 1. The lowest BCUT2D eigenvalue weighted by atomic mass is 10.1. The summed E-state index contributed by atoms with van der Waals surface area (Å²) >= 11 is 0. The molecule has 4 nitrogen and oxygen atoms in total. The Hall–Kier alpha value is -1.62. The first-order valence-corrected chi connectivity index (χ1v) is 5.79. The van der Waals surface area contributed by atoms with Crippen LogP contribution in [0.5, 0.6) is 5.75 Å². The molecule has 100 valence electrons. The van der Waals surface area contributed by atoms with E-state index in [1.165, 1.54) is 13.2 Å². The van der Waals surface area contributed by atoms with Crippen molar-refractivity contribution in [2.24, 2.45) is 5.73 Å². The summed E-state index contributed by atoms with van der Waals surface area (Å²) in [4.78, 5) is 1.96. The molecule has 1 rings (SSSR count). The highest BCUT2D eigenvalue weighted by atomic mass is 19.1. The highest BCUT2D eigenvalue weighted by Gasteiger charge is 2.13. The third kappa shape index (κ3) is 4.00. The van der Waals surface area contributed by atoms with Gasteiger partial charge in [-0.15, -0.1) is 0 Å². The molecule has 0 saturated carbocycles. The third-order valence-electron chi connectivity index (χ3n) is 2.95. The molecule has 0 spiro atoms. The van der Waals surface area contributed by atoms with Gasteiger partial charge >= 0.3 is 0 Å². The van der Waals surface area contributed by atoms with Crippen LogP contribution in [0.2, 0.25) is 0 Å². The Labute approximate surface area is 107 Å². The molecule has 1 aromatic rings. The maximum absolute atomic E-state index is 13.7. The van der Waals surface area contributed by atoms with E-state index in [9.17, 15) is 4.39 Å². The lowest BCUT2D eigenvalue weighted by Crippen LogP contribution is -2.32. The average molecular weight is 253 g/mol. The summed E-state index contributed by atoms with van der Waals surface area (Å²) < 4.78 is 18.7. The Kier molecular flexibility index (Phi) is 5.09. The van der Waals surface area contributed by atoms with Crippen LogP contribution in [0.25, 0.3) is 0 Å². The van der Waals surface area contributed by atoms with E-state index in [-0.39, 0.29) is 17.7 Å². The highest BCUT2D eigenvalue weighted by molar-refractivity contribution is 5.77. The predicted octanol–water partition coefficient (Wildman–Crippen LogP) is 1.98. The van der Waals surface area contributed by atoms with E-state index in [1.54, 1.807) is 12.1 Å². The number of rotatable bonds is 6. The minimum atomic E-state index is -0.281. The fourth-order valence-electron chi connectivity index (χ4n) is 1.68. The number of benzene rings is 1. The lowest BCUT2D eigenvalue weighted by Gasteiger charge is -2.24. The first-order chi connectivity index (χ1) is 8.43. The van der Waals surface area contributed by atoms with E-state index in [0.717, 1.165) is 0 Å². The van der Waals surface area contributed by atoms with Crippen LogP contribution in [0.1, 0.15) is 18.9 Å². The fraction of sp³-hybridized carbons (Fsp3) is 0.462. The summed E-state index contributed by atoms with van der Waals surface area (Å²) in [6, 6.07) is 4.93. The summed E-state index contributed by atoms with van der Waals surface area (Å²) in [7, 11) is 3.40. The van der Waals surface area contributed by atoms with E-state index in [0.29, 0.717) is 24.3 Å². The van der Waals surface area contributed by atoms with Gasteiger partial charge in [0, 0.05) is 30.6 Å². The molecule has 5 heteroatoms. The van der Waals surface area contributed by atoms with E-state index >= 15 is 0 Å². The Morgan fingerprint density at radius 2 is 2.22 bits per heavy atom. The lowest BCUT2D eigenvalue weighted by molar-refractivity contribution is 0.251. The van der Waals surface area contributed by atoms with Gasteiger partial charge in [-0.3, -0.25) is 10.3 Å². The van der Waals surface area contributed by atoms with Crippen molar-refractivity contribution in [3.8, 4) is 5.75 Å². The molecule has 0 radical (unpaired) electrons. The van der Waals surface area contributed by atoms with Gasteiger partial charge < -0.3 is 10.5 Å². The predicted molar refractivity (Wildman–Crippen MR) is 70.4 cm³/mol. The molecule has 0 heterocycles. The van der Waals surface area contributed by atoms with Crippen molar-refractivity contribution in [2.75, 3.05) is 14.2 Å². The van der Waals surface area contributed by atoms with Crippen LogP contribution in [0, 0.1) is 11.2 Å². The molecule has 0 saturated heterocycles. The summed E-state index contributed by atoms with van der Waals surface area (Å²) in [5, 5.41) is 7.25. The Bertz CT molecular complexity index is 423. The molecule has 0 aliphatic carbocycles. The number of nitrogens with two attached hydrogens (primary N) is 1. The topological polar surface area (TPSA) is 62.3 Å². The van der Waals surface area contributed by atoms with E-state index in [1.807, 2.05) is 18.9 Å². The standard InChI is InChI=1S/C13H20FN3O/c1-9(6-13(15)16)17(2)8-10-4-5-11(18-3)7-12(10)14/h4-5,7,9H,6,8H2,1-3H3,(H3,15,16). The molecule has 1 atom stereocenters. The van der Waals surface area contributed by atoms with E-state index < -0.39 is 0 Å². The van der Waals surface area contributed by atoms with Crippen molar-refractivity contribution in [2.45, 2.75) is 25.9 Å². The summed E-state index contributed by atoms with van der Waals surface area (Å²) in [5.41, 5.74) is 5.96. The maximum Gasteiger partial charge on any atom is 0.131 e. The molecule has 0 aromatic heterocycles. The SMILES string of the molecule is COc1ccc(CN(C)C(C)CC(=N)N)c(F)c1. The van der Waals surface area contributed by atoms with Gasteiger partial charge in [-0.05, 0) is 20.0 Å². The van der Waals surface area contributed by atoms with Gasteiger partial charge in [-0.1, -0.05) is 6.07 Å². The van der Waals surface area contributed by atoms with Gasteiger partial charge in [0.15, 0.2) is 0 Å². The van der Waals surface area contributed by atoms with Gasteiger partial charge in [0.25, 0.3) is 0 Å². The van der Waals surface area contributed by atoms with Gasteiger partial charge in [-0.25, -0.2) is 4.39 Å². The maximum atomic E-state index is 13.7. The van der Waals surface area contributed by atoms with Crippen molar-refractivity contribution < 1.29 is 9.13 Å². The normalized spacial score (nSPS) is 12.5. The monoisotopic (exact) mass is 253 g/mol. The van der Waals surface area contributed by atoms with Crippen LogP contribution >= 0.6 is 0 Å². The summed E-state index contributed by atoms with van der Waals surface area (Å²) in [6.45, 7) is 2.44. The van der Waals surface area contributed by atoms with Crippen molar-refractivity contribution in [1.29, 1.82) is 5.41 Å². The smallest absolute Gasteiger partial charge is 0.131 e. The molecular weight excluding hydrogens is 233 g/mol. The molecule has 0 amide bonds.